The highest BCUT2D eigenvalue weighted by atomic mass is 32.2. The molecule has 0 saturated heterocycles. The Hall–Kier alpha value is -2.78. The number of fused-ring (bicyclic) bond motifs is 1. The van der Waals surface area contributed by atoms with Crippen molar-refractivity contribution in [1.82, 2.24) is 0 Å². The van der Waals surface area contributed by atoms with Gasteiger partial charge in [0.05, 0.1) is 30.8 Å². The van der Waals surface area contributed by atoms with Gasteiger partial charge in [0, 0.05) is 11.1 Å². The lowest BCUT2D eigenvalue weighted by atomic mass is 9.85. The minimum absolute atomic E-state index is 0.241. The van der Waals surface area contributed by atoms with E-state index in [1.54, 1.807) is 27.7 Å². The Labute approximate surface area is 233 Å². The van der Waals surface area contributed by atoms with Crippen LogP contribution in [0.5, 0.6) is 11.5 Å². The Bertz CT molecular complexity index is 1310. The van der Waals surface area contributed by atoms with E-state index < -0.39 is 27.7 Å². The lowest BCUT2D eigenvalue weighted by molar-refractivity contribution is -0.160. The van der Waals surface area contributed by atoms with Gasteiger partial charge in [0.25, 0.3) is 0 Å². The molecule has 0 amide bonds. The molecule has 1 unspecified atom stereocenters. The van der Waals surface area contributed by atoms with Crippen molar-refractivity contribution in [3.8, 4) is 22.6 Å². The van der Waals surface area contributed by atoms with Gasteiger partial charge in [-0.05, 0) is 87.8 Å². The lowest BCUT2D eigenvalue weighted by Gasteiger charge is -2.31. The topological polar surface area (TPSA) is 111 Å². The van der Waals surface area contributed by atoms with Crippen LogP contribution in [0.3, 0.4) is 0 Å². The Balaban J connectivity index is 2.40. The summed E-state index contributed by atoms with van der Waals surface area (Å²) in [5.74, 6) is 0.349. The van der Waals surface area contributed by atoms with Crippen molar-refractivity contribution in [2.45, 2.75) is 85.9 Å². The van der Waals surface area contributed by atoms with Crippen molar-refractivity contribution in [1.29, 1.82) is 0 Å². The first-order chi connectivity index (χ1) is 18.2. The molecular weight excluding hydrogens is 518 g/mol. The number of carboxylic acids is 1. The fraction of sp³-hybridized carbons (Fsp3) is 0.567. The molecule has 8 nitrogen and oxygen atoms in total. The maximum Gasteiger partial charge on any atom is 0.337 e. The zero-order valence-electron chi connectivity index (χ0n) is 24.4. The van der Waals surface area contributed by atoms with Gasteiger partial charge >= 0.3 is 5.97 Å². The number of aryl methyl sites for hydroxylation is 1. The Morgan fingerprint density at radius 2 is 1.82 bits per heavy atom. The third-order valence-electron chi connectivity index (χ3n) is 7.05. The number of aliphatic carboxylic acids is 1. The van der Waals surface area contributed by atoms with Crippen LogP contribution < -0.4 is 14.2 Å². The quantitative estimate of drug-likeness (QED) is 0.325. The predicted molar refractivity (Wildman–Crippen MR) is 154 cm³/mol. The number of hydrogen-bond donors (Lipinski definition) is 2. The standard InChI is InChI=1S/C30H43NO7S/c1-9-20(10-2)17-37-27-19(4)24(22-13-14-23-21(16-22)12-11-15-36-23)25(18(3)26(27)31-39(8,34)35)28(29(32)33)38-30(5,6)7/h13-14,16,20,28,31H,9-12,15,17H2,1-8H3,(H,32,33). The summed E-state index contributed by atoms with van der Waals surface area (Å²) in [4.78, 5) is 12.7. The molecule has 1 aliphatic heterocycles. The molecule has 9 heteroatoms. The molecule has 216 valence electrons. The van der Waals surface area contributed by atoms with Gasteiger partial charge in [-0.3, -0.25) is 4.72 Å². The molecule has 2 N–H and O–H groups in total. The predicted octanol–water partition coefficient (Wildman–Crippen LogP) is 6.42. The second-order valence-electron chi connectivity index (χ2n) is 11.3. The van der Waals surface area contributed by atoms with Crippen molar-refractivity contribution in [2.75, 3.05) is 24.2 Å². The van der Waals surface area contributed by atoms with Crippen LogP contribution in [0.1, 0.15) is 82.2 Å². The Morgan fingerprint density at radius 1 is 1.15 bits per heavy atom. The molecule has 0 radical (unpaired) electrons. The third-order valence-corrected chi connectivity index (χ3v) is 7.63. The minimum Gasteiger partial charge on any atom is -0.493 e. The lowest BCUT2D eigenvalue weighted by Crippen LogP contribution is -2.29. The van der Waals surface area contributed by atoms with Crippen LogP contribution in [-0.2, 0) is 26.0 Å². The summed E-state index contributed by atoms with van der Waals surface area (Å²) in [6.45, 7) is 14.2. The molecule has 39 heavy (non-hydrogen) atoms. The molecule has 0 aromatic heterocycles. The van der Waals surface area contributed by atoms with Crippen molar-refractivity contribution in [3.63, 3.8) is 0 Å². The SMILES string of the molecule is CCC(CC)COc1c(C)c(-c2ccc3c(c2)CCCO3)c(C(OC(C)(C)C)C(=O)O)c(C)c1NS(C)(=O)=O. The molecule has 3 rings (SSSR count). The summed E-state index contributed by atoms with van der Waals surface area (Å²) >= 11 is 0. The van der Waals surface area contributed by atoms with Crippen LogP contribution in [-0.4, -0.2) is 44.6 Å². The highest BCUT2D eigenvalue weighted by Crippen LogP contribution is 2.47. The largest absolute Gasteiger partial charge is 0.493 e. The van der Waals surface area contributed by atoms with E-state index in [0.29, 0.717) is 41.2 Å². The number of carbonyl (C=O) groups is 1. The van der Waals surface area contributed by atoms with Crippen LogP contribution in [0, 0.1) is 19.8 Å². The molecule has 0 saturated carbocycles. The van der Waals surface area contributed by atoms with Gasteiger partial charge in [-0.2, -0.15) is 0 Å². The van der Waals surface area contributed by atoms with E-state index in [9.17, 15) is 18.3 Å². The summed E-state index contributed by atoms with van der Waals surface area (Å²) in [5.41, 5.74) is 3.47. The maximum absolute atomic E-state index is 12.7. The number of carboxylic acid groups (broad SMARTS) is 1. The van der Waals surface area contributed by atoms with E-state index in [1.807, 2.05) is 25.1 Å². The Morgan fingerprint density at radius 3 is 2.38 bits per heavy atom. The van der Waals surface area contributed by atoms with Crippen LogP contribution in [0.15, 0.2) is 18.2 Å². The van der Waals surface area contributed by atoms with Crippen molar-refractivity contribution in [3.05, 3.63) is 40.5 Å². The fourth-order valence-corrected chi connectivity index (χ4v) is 5.63. The van der Waals surface area contributed by atoms with Crippen LogP contribution in [0.25, 0.3) is 11.1 Å². The first kappa shape index (κ1) is 30.8. The van der Waals surface area contributed by atoms with E-state index >= 15 is 0 Å². The molecule has 0 fully saturated rings. The molecule has 1 atom stereocenters. The number of benzene rings is 2. The number of ether oxygens (including phenoxy) is 3. The number of rotatable bonds is 11. The van der Waals surface area contributed by atoms with Crippen molar-refractivity contribution < 1.29 is 32.5 Å². The summed E-state index contributed by atoms with van der Waals surface area (Å²) in [5, 5.41) is 10.4. The van der Waals surface area contributed by atoms with Gasteiger partial charge in [-0.1, -0.05) is 32.8 Å². The van der Waals surface area contributed by atoms with E-state index in [1.165, 1.54) is 0 Å². The summed E-state index contributed by atoms with van der Waals surface area (Å²) in [6, 6.07) is 5.86. The van der Waals surface area contributed by atoms with Gasteiger partial charge in [-0.15, -0.1) is 0 Å². The highest BCUT2D eigenvalue weighted by Gasteiger charge is 2.35. The third kappa shape index (κ3) is 7.45. The average molecular weight is 562 g/mol. The van der Waals surface area contributed by atoms with Gasteiger partial charge in [0.1, 0.15) is 11.5 Å². The Kier molecular flexibility index (Phi) is 9.60. The number of anilines is 1. The van der Waals surface area contributed by atoms with Crippen molar-refractivity contribution in [2.24, 2.45) is 5.92 Å². The fourth-order valence-electron chi connectivity index (χ4n) is 5.01. The van der Waals surface area contributed by atoms with Crippen molar-refractivity contribution >= 4 is 21.7 Å². The molecule has 2 aromatic carbocycles. The number of nitrogens with one attached hydrogen (secondary N) is 1. The van der Waals surface area contributed by atoms with Crippen LogP contribution in [0.4, 0.5) is 5.69 Å². The molecule has 1 aliphatic rings. The van der Waals surface area contributed by atoms with Crippen LogP contribution >= 0.6 is 0 Å². The van der Waals surface area contributed by atoms with E-state index in [-0.39, 0.29) is 11.6 Å². The monoisotopic (exact) mass is 561 g/mol. The molecule has 1 heterocycles. The average Bonchev–Trinajstić information content (AvgIpc) is 2.85. The van der Waals surface area contributed by atoms with Crippen LogP contribution in [0.2, 0.25) is 0 Å². The number of sulfonamides is 1. The number of hydrogen-bond acceptors (Lipinski definition) is 6. The van der Waals surface area contributed by atoms with E-state index in [0.717, 1.165) is 48.8 Å². The zero-order valence-corrected chi connectivity index (χ0v) is 25.3. The minimum atomic E-state index is -3.71. The van der Waals surface area contributed by atoms with Gasteiger partial charge in [0.15, 0.2) is 6.10 Å². The molecule has 0 bridgehead atoms. The summed E-state index contributed by atoms with van der Waals surface area (Å²) < 4.78 is 45.9. The molecular formula is C30H43NO7S. The van der Waals surface area contributed by atoms with Gasteiger partial charge < -0.3 is 19.3 Å². The summed E-state index contributed by atoms with van der Waals surface area (Å²) in [7, 11) is -3.71. The molecule has 2 aromatic rings. The van der Waals surface area contributed by atoms with Gasteiger partial charge in [-0.25, -0.2) is 13.2 Å². The first-order valence-electron chi connectivity index (χ1n) is 13.6. The van der Waals surface area contributed by atoms with E-state index in [4.69, 9.17) is 14.2 Å². The van der Waals surface area contributed by atoms with E-state index in [2.05, 4.69) is 18.6 Å². The first-order valence-corrected chi connectivity index (χ1v) is 15.5. The van der Waals surface area contributed by atoms with Gasteiger partial charge in [0.2, 0.25) is 10.0 Å². The second kappa shape index (κ2) is 12.2. The smallest absolute Gasteiger partial charge is 0.337 e. The maximum atomic E-state index is 12.7. The summed E-state index contributed by atoms with van der Waals surface area (Å²) in [6.07, 6.45) is 3.30. The second-order valence-corrected chi connectivity index (χ2v) is 13.1. The normalized spacial score (nSPS) is 14.5. The highest BCUT2D eigenvalue weighted by molar-refractivity contribution is 7.92. The zero-order chi connectivity index (χ0) is 29.1. The molecule has 0 spiro atoms. The molecule has 0 aliphatic carbocycles.